The molecule has 1 atom stereocenters. The molecule has 1 aromatic rings. The topological polar surface area (TPSA) is 47.0 Å². The van der Waals surface area contributed by atoms with Crippen LogP contribution in [0.15, 0.2) is 12.4 Å². The van der Waals surface area contributed by atoms with Gasteiger partial charge in [0.05, 0.1) is 12.1 Å². The lowest BCUT2D eigenvalue weighted by atomic mass is 10.0. The van der Waals surface area contributed by atoms with Crippen LogP contribution in [0, 0.1) is 0 Å². The molecule has 0 spiro atoms. The minimum Gasteiger partial charge on any atom is -0.379 e. The Labute approximate surface area is 87.7 Å². The van der Waals surface area contributed by atoms with Gasteiger partial charge in [-0.15, -0.1) is 0 Å². The predicted octanol–water partition coefficient (Wildman–Crippen LogP) is 1.72. The van der Waals surface area contributed by atoms with E-state index in [0.717, 1.165) is 13.0 Å². The van der Waals surface area contributed by atoms with Crippen molar-refractivity contribution < 1.29 is 4.74 Å². The molecule has 76 valence electrons. The van der Waals surface area contributed by atoms with Gasteiger partial charge in [-0.05, 0) is 13.3 Å². The van der Waals surface area contributed by atoms with Crippen molar-refractivity contribution in [3.05, 3.63) is 17.5 Å². The first-order valence-corrected chi connectivity index (χ1v) is 4.90. The van der Waals surface area contributed by atoms with Crippen LogP contribution in [-0.2, 0) is 4.74 Å². The fraction of sp³-hybridized carbons (Fsp3) is 0.556. The largest absolute Gasteiger partial charge is 0.379 e. The molecule has 1 N–H and O–H groups in total. The molecule has 1 aliphatic heterocycles. The molecule has 0 saturated carbocycles. The van der Waals surface area contributed by atoms with Crippen LogP contribution in [0.2, 0.25) is 5.15 Å². The molecule has 5 heteroatoms. The van der Waals surface area contributed by atoms with Crippen molar-refractivity contribution in [3.63, 3.8) is 0 Å². The molecular weight excluding hydrogens is 202 g/mol. The van der Waals surface area contributed by atoms with Crippen molar-refractivity contribution >= 4 is 17.4 Å². The fourth-order valence-electron chi connectivity index (χ4n) is 1.46. The molecule has 1 aromatic heterocycles. The summed E-state index contributed by atoms with van der Waals surface area (Å²) >= 11 is 5.89. The average molecular weight is 214 g/mol. The predicted molar refractivity (Wildman–Crippen MR) is 54.5 cm³/mol. The molecule has 0 aromatic carbocycles. The standard InChI is InChI=1S/C9H12ClN3O/c1-9(2-5-14-6-9)13-8-7(10)11-3-4-12-8/h3-4H,2,5-6H2,1H3,(H,12,13). The Hall–Kier alpha value is -0.870. The number of rotatable bonds is 2. The van der Waals surface area contributed by atoms with E-state index in [4.69, 9.17) is 16.3 Å². The number of ether oxygens (including phenoxy) is 1. The van der Waals surface area contributed by atoms with Crippen molar-refractivity contribution in [3.8, 4) is 0 Å². The summed E-state index contributed by atoms with van der Waals surface area (Å²) in [4.78, 5) is 8.08. The van der Waals surface area contributed by atoms with Crippen molar-refractivity contribution in [1.82, 2.24) is 9.97 Å². The maximum absolute atomic E-state index is 5.89. The summed E-state index contributed by atoms with van der Waals surface area (Å²) in [6.45, 7) is 3.55. The Morgan fingerprint density at radius 3 is 2.93 bits per heavy atom. The molecule has 2 rings (SSSR count). The van der Waals surface area contributed by atoms with E-state index in [-0.39, 0.29) is 5.54 Å². The lowest BCUT2D eigenvalue weighted by Gasteiger charge is -2.24. The van der Waals surface area contributed by atoms with E-state index in [1.165, 1.54) is 0 Å². The van der Waals surface area contributed by atoms with Crippen LogP contribution in [0.25, 0.3) is 0 Å². The zero-order valence-corrected chi connectivity index (χ0v) is 8.71. The summed E-state index contributed by atoms with van der Waals surface area (Å²) < 4.78 is 5.32. The molecule has 0 amide bonds. The van der Waals surface area contributed by atoms with Gasteiger partial charge in [0.1, 0.15) is 0 Å². The lowest BCUT2D eigenvalue weighted by Crippen LogP contribution is -2.35. The van der Waals surface area contributed by atoms with Gasteiger partial charge in [-0.25, -0.2) is 9.97 Å². The first-order chi connectivity index (χ1) is 6.70. The molecule has 4 nitrogen and oxygen atoms in total. The van der Waals surface area contributed by atoms with Gasteiger partial charge >= 0.3 is 0 Å². The zero-order valence-electron chi connectivity index (χ0n) is 7.96. The zero-order chi connectivity index (χ0) is 10.0. The van der Waals surface area contributed by atoms with Crippen LogP contribution >= 0.6 is 11.6 Å². The third-order valence-corrected chi connectivity index (χ3v) is 2.57. The van der Waals surface area contributed by atoms with E-state index < -0.39 is 0 Å². The molecule has 0 bridgehead atoms. The second kappa shape index (κ2) is 3.71. The molecule has 1 aliphatic rings. The first-order valence-electron chi connectivity index (χ1n) is 4.52. The van der Waals surface area contributed by atoms with Gasteiger partial charge in [-0.3, -0.25) is 0 Å². The second-order valence-electron chi connectivity index (χ2n) is 3.68. The van der Waals surface area contributed by atoms with E-state index in [1.807, 2.05) is 0 Å². The van der Waals surface area contributed by atoms with Crippen molar-refractivity contribution in [1.29, 1.82) is 0 Å². The Bertz CT molecular complexity index is 326. The van der Waals surface area contributed by atoms with Crippen LogP contribution in [0.5, 0.6) is 0 Å². The summed E-state index contributed by atoms with van der Waals surface area (Å²) in [7, 11) is 0. The Morgan fingerprint density at radius 1 is 1.50 bits per heavy atom. The van der Waals surface area contributed by atoms with Crippen molar-refractivity contribution in [2.24, 2.45) is 0 Å². The average Bonchev–Trinajstić information content (AvgIpc) is 2.57. The first kappa shape index (κ1) is 9.68. The smallest absolute Gasteiger partial charge is 0.171 e. The summed E-state index contributed by atoms with van der Waals surface area (Å²) in [5.41, 5.74) is -0.0698. The maximum Gasteiger partial charge on any atom is 0.171 e. The van der Waals surface area contributed by atoms with Crippen LogP contribution in [0.3, 0.4) is 0 Å². The van der Waals surface area contributed by atoms with E-state index in [9.17, 15) is 0 Å². The highest BCUT2D eigenvalue weighted by Gasteiger charge is 2.30. The van der Waals surface area contributed by atoms with E-state index >= 15 is 0 Å². The fourth-order valence-corrected chi connectivity index (χ4v) is 1.61. The third kappa shape index (κ3) is 1.96. The van der Waals surface area contributed by atoms with Crippen LogP contribution in [-0.4, -0.2) is 28.7 Å². The Kier molecular flexibility index (Phi) is 2.56. The van der Waals surface area contributed by atoms with Crippen LogP contribution in [0.4, 0.5) is 5.82 Å². The van der Waals surface area contributed by atoms with Crippen molar-refractivity contribution in [2.75, 3.05) is 18.5 Å². The Morgan fingerprint density at radius 2 is 2.29 bits per heavy atom. The van der Waals surface area contributed by atoms with Gasteiger partial charge in [0, 0.05) is 19.0 Å². The van der Waals surface area contributed by atoms with E-state index in [2.05, 4.69) is 22.2 Å². The molecule has 1 unspecified atom stereocenters. The lowest BCUT2D eigenvalue weighted by molar-refractivity contribution is 0.185. The minimum absolute atomic E-state index is 0.0698. The number of hydrogen-bond acceptors (Lipinski definition) is 4. The molecular formula is C9H12ClN3O. The van der Waals surface area contributed by atoms with Gasteiger partial charge in [0.25, 0.3) is 0 Å². The van der Waals surface area contributed by atoms with Crippen molar-refractivity contribution in [2.45, 2.75) is 18.9 Å². The van der Waals surface area contributed by atoms with Crippen LogP contribution < -0.4 is 5.32 Å². The quantitative estimate of drug-likeness (QED) is 0.813. The molecule has 2 heterocycles. The van der Waals surface area contributed by atoms with E-state index in [1.54, 1.807) is 12.4 Å². The highest BCUT2D eigenvalue weighted by atomic mass is 35.5. The summed E-state index contributed by atoms with van der Waals surface area (Å²) in [6.07, 6.45) is 4.15. The molecule has 14 heavy (non-hydrogen) atoms. The maximum atomic E-state index is 5.89. The minimum atomic E-state index is -0.0698. The van der Waals surface area contributed by atoms with Gasteiger partial charge in [-0.2, -0.15) is 0 Å². The molecule has 0 radical (unpaired) electrons. The van der Waals surface area contributed by atoms with Gasteiger partial charge in [0.2, 0.25) is 0 Å². The monoisotopic (exact) mass is 213 g/mol. The van der Waals surface area contributed by atoms with Gasteiger partial charge in [0.15, 0.2) is 11.0 Å². The number of nitrogens with one attached hydrogen (secondary N) is 1. The number of hydrogen-bond donors (Lipinski definition) is 1. The third-order valence-electron chi connectivity index (χ3n) is 2.29. The number of nitrogens with zero attached hydrogens (tertiary/aromatic N) is 2. The number of anilines is 1. The number of aromatic nitrogens is 2. The Balaban J connectivity index is 2.14. The van der Waals surface area contributed by atoms with Gasteiger partial charge < -0.3 is 10.1 Å². The summed E-state index contributed by atoms with van der Waals surface area (Å²) in [6, 6.07) is 0. The van der Waals surface area contributed by atoms with Crippen LogP contribution in [0.1, 0.15) is 13.3 Å². The molecule has 0 aliphatic carbocycles. The number of halogens is 1. The molecule has 1 saturated heterocycles. The molecule has 1 fully saturated rings. The van der Waals surface area contributed by atoms with E-state index in [0.29, 0.717) is 17.6 Å². The highest BCUT2D eigenvalue weighted by molar-refractivity contribution is 6.31. The van der Waals surface area contributed by atoms with Gasteiger partial charge in [-0.1, -0.05) is 11.6 Å². The highest BCUT2D eigenvalue weighted by Crippen LogP contribution is 2.25. The SMILES string of the molecule is CC1(Nc2nccnc2Cl)CCOC1. The summed E-state index contributed by atoms with van der Waals surface area (Å²) in [5, 5.41) is 3.66. The summed E-state index contributed by atoms with van der Waals surface area (Å²) in [5.74, 6) is 0.627. The normalized spacial score (nSPS) is 26.4. The second-order valence-corrected chi connectivity index (χ2v) is 4.04.